The number of hydrogen-bond donors (Lipinski definition) is 0. The van der Waals surface area contributed by atoms with E-state index in [1.165, 1.54) is 87.5 Å². The molecule has 2 aliphatic carbocycles. The molecular weight excluding hydrogens is 655 g/mol. The van der Waals surface area contributed by atoms with E-state index in [-0.39, 0.29) is 5.75 Å². The average molecular weight is 707 g/mol. The van der Waals surface area contributed by atoms with Crippen LogP contribution in [0.5, 0.6) is 11.5 Å². The van der Waals surface area contributed by atoms with Crippen LogP contribution in [-0.4, -0.2) is 13.2 Å². The maximum atomic E-state index is 13.9. The van der Waals surface area contributed by atoms with Crippen LogP contribution < -0.4 is 9.47 Å². The van der Waals surface area contributed by atoms with Crippen molar-refractivity contribution in [2.24, 2.45) is 23.7 Å². The third-order valence-electron chi connectivity index (χ3n) is 10.8. The van der Waals surface area contributed by atoms with Crippen LogP contribution in [0.4, 0.5) is 22.0 Å². The van der Waals surface area contributed by atoms with Gasteiger partial charge in [-0.25, -0.2) is 4.39 Å². The highest BCUT2D eigenvalue weighted by Gasteiger charge is 2.19. The smallest absolute Gasteiger partial charge is 0.387 e. The molecule has 0 unspecified atom stereocenters. The Morgan fingerprint density at radius 2 is 0.902 bits per heavy atom. The summed E-state index contributed by atoms with van der Waals surface area (Å²) in [5, 5.41) is 0. The van der Waals surface area contributed by atoms with Crippen LogP contribution in [0.3, 0.4) is 0 Å². The van der Waals surface area contributed by atoms with E-state index in [0.29, 0.717) is 5.56 Å². The van der Waals surface area contributed by atoms with E-state index in [9.17, 15) is 22.0 Å². The molecule has 0 amide bonds. The Morgan fingerprint density at radius 3 is 1.31 bits per heavy atom. The first-order valence-corrected chi connectivity index (χ1v) is 18.6. The van der Waals surface area contributed by atoms with E-state index in [2.05, 4.69) is 59.7 Å². The molecule has 0 spiro atoms. The fourth-order valence-corrected chi connectivity index (χ4v) is 7.41. The predicted molar refractivity (Wildman–Crippen MR) is 196 cm³/mol. The SMILES string of the molecule is CC1CCC(CCc2ccc(-c3ccc(OC(F)F)c(F)c3)cc2)CC1.CC1CCC(CCc2ccc(-c3ccc(OC(F)F)cc3)cc2)CC1. The van der Waals surface area contributed by atoms with Gasteiger partial charge in [-0.3, -0.25) is 0 Å². The summed E-state index contributed by atoms with van der Waals surface area (Å²) in [6, 6.07) is 27.5. The number of ether oxygens (including phenoxy) is 2. The van der Waals surface area contributed by atoms with Gasteiger partial charge in [0.15, 0.2) is 11.6 Å². The van der Waals surface area contributed by atoms with Gasteiger partial charge in [-0.1, -0.05) is 132 Å². The molecular formula is C44H51F5O2. The topological polar surface area (TPSA) is 18.5 Å². The van der Waals surface area contributed by atoms with Gasteiger partial charge in [0.05, 0.1) is 0 Å². The van der Waals surface area contributed by atoms with Gasteiger partial charge in [-0.15, -0.1) is 0 Å². The van der Waals surface area contributed by atoms with Crippen LogP contribution >= 0.6 is 0 Å². The van der Waals surface area contributed by atoms with Crippen molar-refractivity contribution in [3.05, 3.63) is 108 Å². The molecule has 7 heteroatoms. The third kappa shape index (κ3) is 12.4. The molecule has 51 heavy (non-hydrogen) atoms. The number of benzene rings is 4. The van der Waals surface area contributed by atoms with E-state index in [1.54, 1.807) is 18.2 Å². The van der Waals surface area contributed by atoms with Crippen LogP contribution in [0.25, 0.3) is 22.3 Å². The van der Waals surface area contributed by atoms with Gasteiger partial charge >= 0.3 is 13.2 Å². The molecule has 0 aromatic heterocycles. The first-order valence-electron chi connectivity index (χ1n) is 18.6. The lowest BCUT2D eigenvalue weighted by Gasteiger charge is -2.26. The number of halogens is 5. The molecule has 0 atom stereocenters. The van der Waals surface area contributed by atoms with Gasteiger partial charge in [0.25, 0.3) is 0 Å². The lowest BCUT2D eigenvalue weighted by atomic mass is 9.80. The van der Waals surface area contributed by atoms with Crippen molar-refractivity contribution in [2.45, 2.75) is 104 Å². The van der Waals surface area contributed by atoms with Crippen LogP contribution in [0.2, 0.25) is 0 Å². The molecule has 0 bridgehead atoms. The number of aryl methyl sites for hydroxylation is 2. The maximum absolute atomic E-state index is 13.9. The summed E-state index contributed by atoms with van der Waals surface area (Å²) in [7, 11) is 0. The summed E-state index contributed by atoms with van der Waals surface area (Å²) in [6.07, 6.45) is 15.6. The van der Waals surface area contributed by atoms with Crippen LogP contribution in [0, 0.1) is 29.5 Å². The van der Waals surface area contributed by atoms with Crippen molar-refractivity contribution in [3.8, 4) is 33.8 Å². The Morgan fingerprint density at radius 1 is 0.510 bits per heavy atom. The molecule has 4 aromatic rings. The Labute approximate surface area is 300 Å². The first kappa shape index (κ1) is 38.4. The van der Waals surface area contributed by atoms with Crippen molar-refractivity contribution < 1.29 is 31.4 Å². The second kappa shape index (κ2) is 19.1. The summed E-state index contributed by atoms with van der Waals surface area (Å²) in [5.41, 5.74) is 6.28. The lowest BCUT2D eigenvalue weighted by Crippen LogP contribution is -2.12. The second-order valence-electron chi connectivity index (χ2n) is 14.6. The van der Waals surface area contributed by atoms with Crippen molar-refractivity contribution >= 4 is 0 Å². The van der Waals surface area contributed by atoms with Crippen LogP contribution in [-0.2, 0) is 12.8 Å². The monoisotopic (exact) mass is 706 g/mol. The van der Waals surface area contributed by atoms with Crippen LogP contribution in [0.1, 0.15) is 89.2 Å². The van der Waals surface area contributed by atoms with Crippen molar-refractivity contribution in [2.75, 3.05) is 0 Å². The van der Waals surface area contributed by atoms with E-state index < -0.39 is 24.8 Å². The summed E-state index contributed by atoms with van der Waals surface area (Å²) < 4.78 is 71.2. The lowest BCUT2D eigenvalue weighted by molar-refractivity contribution is -0.0523. The largest absolute Gasteiger partial charge is 0.435 e. The van der Waals surface area contributed by atoms with E-state index in [4.69, 9.17) is 0 Å². The zero-order valence-electron chi connectivity index (χ0n) is 29.8. The molecule has 0 aliphatic heterocycles. The van der Waals surface area contributed by atoms with Crippen molar-refractivity contribution in [3.63, 3.8) is 0 Å². The Balaban J connectivity index is 0.000000198. The summed E-state index contributed by atoms with van der Waals surface area (Å²) >= 11 is 0. The molecule has 4 aromatic carbocycles. The minimum Gasteiger partial charge on any atom is -0.435 e. The predicted octanol–water partition coefficient (Wildman–Crippen LogP) is 13.6. The molecule has 2 nitrogen and oxygen atoms in total. The number of hydrogen-bond acceptors (Lipinski definition) is 2. The van der Waals surface area contributed by atoms with E-state index in [1.807, 2.05) is 24.3 Å². The first-order chi connectivity index (χ1) is 24.6. The molecule has 0 heterocycles. The highest BCUT2D eigenvalue weighted by molar-refractivity contribution is 5.65. The fourth-order valence-electron chi connectivity index (χ4n) is 7.41. The van der Waals surface area contributed by atoms with Crippen LogP contribution in [0.15, 0.2) is 91.0 Å². The molecule has 6 rings (SSSR count). The highest BCUT2D eigenvalue weighted by atomic mass is 19.3. The maximum Gasteiger partial charge on any atom is 0.387 e. The molecule has 2 aliphatic rings. The van der Waals surface area contributed by atoms with Crippen molar-refractivity contribution in [1.82, 2.24) is 0 Å². The normalized spacial score (nSPS) is 20.5. The quantitative estimate of drug-likeness (QED) is 0.137. The van der Waals surface area contributed by atoms with Gasteiger partial charge in [0.2, 0.25) is 0 Å². The second-order valence-corrected chi connectivity index (χ2v) is 14.6. The zero-order chi connectivity index (χ0) is 36.2. The standard InChI is InChI=1S/C22H25F3O.C22H26F2O/c1-15-2-4-16(5-3-15)6-7-17-8-10-18(11-9-17)19-12-13-21(20(23)14-19)26-22(24)25;1-16-2-4-17(5-3-16)6-7-18-8-10-19(11-9-18)20-12-14-21(15-13-20)25-22(23)24/h8-16,22H,2-7H2,1H3;8-17,22H,2-7H2,1H3. The molecule has 0 radical (unpaired) electrons. The molecule has 274 valence electrons. The van der Waals surface area contributed by atoms with E-state index in [0.717, 1.165) is 53.2 Å². The zero-order valence-corrected chi connectivity index (χ0v) is 29.8. The third-order valence-corrected chi connectivity index (χ3v) is 10.8. The average Bonchev–Trinajstić information content (AvgIpc) is 3.13. The molecule has 0 saturated heterocycles. The Bertz CT molecular complexity index is 1590. The number of rotatable bonds is 12. The Kier molecular flexibility index (Phi) is 14.4. The van der Waals surface area contributed by atoms with E-state index >= 15 is 0 Å². The van der Waals surface area contributed by atoms with Crippen molar-refractivity contribution in [1.29, 1.82) is 0 Å². The van der Waals surface area contributed by atoms with Gasteiger partial charge < -0.3 is 9.47 Å². The fraction of sp³-hybridized carbons (Fsp3) is 0.455. The number of alkyl halides is 4. The summed E-state index contributed by atoms with van der Waals surface area (Å²) in [5.74, 6) is 2.50. The van der Waals surface area contributed by atoms with Gasteiger partial charge in [0, 0.05) is 0 Å². The highest BCUT2D eigenvalue weighted by Crippen LogP contribution is 2.33. The summed E-state index contributed by atoms with van der Waals surface area (Å²) in [4.78, 5) is 0. The Hall–Kier alpha value is -3.87. The van der Waals surface area contributed by atoms with Gasteiger partial charge in [-0.05, 0) is 107 Å². The minimum absolute atomic E-state index is 0.192. The van der Waals surface area contributed by atoms with Gasteiger partial charge in [0.1, 0.15) is 5.75 Å². The molecule has 2 fully saturated rings. The van der Waals surface area contributed by atoms with Gasteiger partial charge in [-0.2, -0.15) is 17.6 Å². The molecule has 0 N–H and O–H groups in total. The molecule has 2 saturated carbocycles. The summed E-state index contributed by atoms with van der Waals surface area (Å²) in [6.45, 7) is -1.11. The minimum atomic E-state index is -3.03.